The molecule has 212 valence electrons. The van der Waals surface area contributed by atoms with Crippen LogP contribution in [-0.2, 0) is 16.1 Å². The van der Waals surface area contributed by atoms with Crippen molar-refractivity contribution < 1.29 is 24.2 Å². The van der Waals surface area contributed by atoms with E-state index in [1.165, 1.54) is 12.1 Å². The van der Waals surface area contributed by atoms with E-state index in [2.05, 4.69) is 31.0 Å². The van der Waals surface area contributed by atoms with Crippen LogP contribution in [0, 0.1) is 5.92 Å². The Labute approximate surface area is 237 Å². The van der Waals surface area contributed by atoms with Gasteiger partial charge in [0.15, 0.2) is 0 Å². The number of likely N-dealkylation sites (tertiary alicyclic amines) is 1. The van der Waals surface area contributed by atoms with Crippen LogP contribution in [0.2, 0.25) is 0 Å². The summed E-state index contributed by atoms with van der Waals surface area (Å²) in [6.45, 7) is 9.15. The Kier molecular flexibility index (Phi) is 10.4. The minimum absolute atomic E-state index is 0. The van der Waals surface area contributed by atoms with E-state index in [0.29, 0.717) is 43.2 Å². The molecule has 2 aromatic rings. The molecule has 2 aliphatic heterocycles. The lowest BCUT2D eigenvalue weighted by Gasteiger charge is -2.52. The number of piperazine rings is 1. The number of rotatable bonds is 10. The summed E-state index contributed by atoms with van der Waals surface area (Å²) in [6.07, 6.45) is 3.82. The van der Waals surface area contributed by atoms with Crippen molar-refractivity contribution in [1.29, 1.82) is 0 Å². The quantitative estimate of drug-likeness (QED) is 0.421. The maximum atomic E-state index is 13.4. The van der Waals surface area contributed by atoms with E-state index in [4.69, 9.17) is 9.84 Å². The van der Waals surface area contributed by atoms with E-state index in [1.807, 2.05) is 29.2 Å². The number of benzene rings is 2. The highest BCUT2D eigenvalue weighted by Gasteiger charge is 2.53. The lowest BCUT2D eigenvalue weighted by atomic mass is 9.80. The summed E-state index contributed by atoms with van der Waals surface area (Å²) in [4.78, 5) is 42.1. The molecular weight excluding hydrogens is 518 g/mol. The smallest absolute Gasteiger partial charge is 0.335 e. The maximum Gasteiger partial charge on any atom is 0.335 e. The maximum absolute atomic E-state index is 13.4. The Morgan fingerprint density at radius 1 is 1.05 bits per heavy atom. The van der Waals surface area contributed by atoms with Crippen LogP contribution >= 0.6 is 12.4 Å². The van der Waals surface area contributed by atoms with Crippen molar-refractivity contribution in [2.75, 3.05) is 19.6 Å². The zero-order valence-corrected chi connectivity index (χ0v) is 23.8. The highest BCUT2D eigenvalue weighted by molar-refractivity contribution is 6.00. The molecule has 2 aromatic carbocycles. The van der Waals surface area contributed by atoms with Crippen LogP contribution < -0.4 is 10.1 Å². The minimum atomic E-state index is -0.968. The summed E-state index contributed by atoms with van der Waals surface area (Å²) in [7, 11) is 0. The molecule has 2 saturated heterocycles. The summed E-state index contributed by atoms with van der Waals surface area (Å²) < 4.78 is 5.84. The Morgan fingerprint density at radius 2 is 1.64 bits per heavy atom. The first-order chi connectivity index (χ1) is 18.2. The number of nitrogens with zero attached hydrogens (tertiary/aromatic N) is 2. The zero-order chi connectivity index (χ0) is 27.3. The number of aromatic carboxylic acids is 1. The van der Waals surface area contributed by atoms with E-state index < -0.39 is 17.6 Å². The number of piperidine rings is 1. The second-order valence-corrected chi connectivity index (χ2v) is 10.9. The standard InChI is InChI=1S/C30H39N3O5.ClH/c1-4-5-16-33-27(34)26(19-21(2)3)31-29(37)30(33)14-17-32(18-15-30)20-22-6-10-24(11-7-22)38-25-12-8-23(9-13-25)28(35)36;/h6-13,21,26H,4-5,14-20H2,1-3H3,(H,31,37)(H,35,36);1H. The first kappa shape index (κ1) is 30.4. The molecular formula is C30H40ClN3O5. The van der Waals surface area contributed by atoms with Crippen molar-refractivity contribution in [1.82, 2.24) is 15.1 Å². The van der Waals surface area contributed by atoms with Crippen molar-refractivity contribution in [3.05, 3.63) is 59.7 Å². The topological polar surface area (TPSA) is 99.2 Å². The van der Waals surface area contributed by atoms with Crippen LogP contribution in [0.1, 0.15) is 68.8 Å². The summed E-state index contributed by atoms with van der Waals surface area (Å²) >= 11 is 0. The molecule has 8 nitrogen and oxygen atoms in total. The summed E-state index contributed by atoms with van der Waals surface area (Å²) in [5, 5.41) is 12.1. The predicted molar refractivity (Wildman–Crippen MR) is 152 cm³/mol. The third-order valence-corrected chi connectivity index (χ3v) is 7.60. The van der Waals surface area contributed by atoms with Gasteiger partial charge in [0.25, 0.3) is 0 Å². The monoisotopic (exact) mass is 557 g/mol. The number of hydrogen-bond acceptors (Lipinski definition) is 5. The van der Waals surface area contributed by atoms with Crippen LogP contribution in [0.5, 0.6) is 11.5 Å². The number of carbonyl (C=O) groups is 3. The molecule has 2 N–H and O–H groups in total. The molecule has 2 fully saturated rings. The number of hydrogen-bond donors (Lipinski definition) is 2. The number of halogens is 1. The van der Waals surface area contributed by atoms with Crippen molar-refractivity contribution >= 4 is 30.2 Å². The van der Waals surface area contributed by atoms with Gasteiger partial charge < -0.3 is 20.1 Å². The van der Waals surface area contributed by atoms with Gasteiger partial charge in [-0.25, -0.2) is 4.79 Å². The molecule has 1 unspecified atom stereocenters. The fourth-order valence-electron chi connectivity index (χ4n) is 5.45. The van der Waals surface area contributed by atoms with Gasteiger partial charge in [-0.15, -0.1) is 12.4 Å². The number of unbranched alkanes of at least 4 members (excludes halogenated alkanes) is 1. The Hall–Kier alpha value is -3.10. The third-order valence-electron chi connectivity index (χ3n) is 7.60. The summed E-state index contributed by atoms with van der Waals surface area (Å²) in [6, 6.07) is 13.7. The Morgan fingerprint density at radius 3 is 2.18 bits per heavy atom. The second kappa shape index (κ2) is 13.3. The third kappa shape index (κ3) is 7.11. The van der Waals surface area contributed by atoms with Crippen molar-refractivity contribution in [2.24, 2.45) is 5.92 Å². The first-order valence-electron chi connectivity index (χ1n) is 13.7. The largest absolute Gasteiger partial charge is 0.478 e. The average Bonchev–Trinajstić information content (AvgIpc) is 2.89. The van der Waals surface area contributed by atoms with Gasteiger partial charge in [-0.1, -0.05) is 39.3 Å². The van der Waals surface area contributed by atoms with E-state index in [-0.39, 0.29) is 29.8 Å². The van der Waals surface area contributed by atoms with Gasteiger partial charge in [0.1, 0.15) is 23.1 Å². The van der Waals surface area contributed by atoms with Gasteiger partial charge in [-0.3, -0.25) is 14.5 Å². The Bertz CT molecular complexity index is 1130. The molecule has 1 spiro atoms. The lowest BCUT2D eigenvalue weighted by Crippen LogP contribution is -2.73. The molecule has 2 amide bonds. The van der Waals surface area contributed by atoms with Gasteiger partial charge >= 0.3 is 5.97 Å². The van der Waals surface area contributed by atoms with Gasteiger partial charge in [0.2, 0.25) is 11.8 Å². The number of nitrogens with one attached hydrogen (secondary N) is 1. The van der Waals surface area contributed by atoms with E-state index in [9.17, 15) is 14.4 Å². The van der Waals surface area contributed by atoms with E-state index in [1.54, 1.807) is 12.1 Å². The second-order valence-electron chi connectivity index (χ2n) is 10.9. The predicted octanol–water partition coefficient (Wildman–Crippen LogP) is 5.11. The van der Waals surface area contributed by atoms with Crippen LogP contribution in [0.25, 0.3) is 0 Å². The molecule has 0 aromatic heterocycles. The van der Waals surface area contributed by atoms with Crippen molar-refractivity contribution in [3.8, 4) is 11.5 Å². The highest BCUT2D eigenvalue weighted by Crippen LogP contribution is 2.35. The number of carbonyl (C=O) groups excluding carboxylic acids is 2. The fraction of sp³-hybridized carbons (Fsp3) is 0.500. The molecule has 4 rings (SSSR count). The lowest BCUT2D eigenvalue weighted by molar-refractivity contribution is -0.161. The average molecular weight is 558 g/mol. The molecule has 9 heteroatoms. The van der Waals surface area contributed by atoms with E-state index >= 15 is 0 Å². The molecule has 2 heterocycles. The van der Waals surface area contributed by atoms with Crippen LogP contribution in [0.3, 0.4) is 0 Å². The van der Waals surface area contributed by atoms with E-state index in [0.717, 1.165) is 38.0 Å². The van der Waals surface area contributed by atoms with Crippen molar-refractivity contribution in [2.45, 2.75) is 71.0 Å². The molecule has 0 radical (unpaired) electrons. The number of amides is 2. The normalized spacial score (nSPS) is 19.1. The fourth-order valence-corrected chi connectivity index (χ4v) is 5.45. The molecule has 1 atom stereocenters. The zero-order valence-electron chi connectivity index (χ0n) is 23.0. The first-order valence-corrected chi connectivity index (χ1v) is 13.7. The SMILES string of the molecule is CCCCN1C(=O)C(CC(C)C)NC(=O)C12CCN(Cc1ccc(Oc3ccc(C(=O)O)cc3)cc1)CC2.Cl. The number of carboxylic acid groups (broad SMARTS) is 1. The number of carboxylic acids is 1. The molecule has 0 saturated carbocycles. The van der Waals surface area contributed by atoms with Crippen LogP contribution in [-0.4, -0.2) is 63.9 Å². The summed E-state index contributed by atoms with van der Waals surface area (Å²) in [5.74, 6) is 0.707. The van der Waals surface area contributed by atoms with Gasteiger partial charge in [-0.2, -0.15) is 0 Å². The van der Waals surface area contributed by atoms with Gasteiger partial charge in [0, 0.05) is 26.2 Å². The van der Waals surface area contributed by atoms with Gasteiger partial charge in [0.05, 0.1) is 5.56 Å². The molecule has 39 heavy (non-hydrogen) atoms. The van der Waals surface area contributed by atoms with Gasteiger partial charge in [-0.05, 0) is 73.6 Å². The molecule has 0 aliphatic carbocycles. The Balaban J connectivity index is 0.00000420. The molecule has 2 aliphatic rings. The van der Waals surface area contributed by atoms with Crippen molar-refractivity contribution in [3.63, 3.8) is 0 Å². The molecule has 0 bridgehead atoms. The van der Waals surface area contributed by atoms with Crippen LogP contribution in [0.15, 0.2) is 48.5 Å². The summed E-state index contributed by atoms with van der Waals surface area (Å²) in [5.41, 5.74) is 0.609. The number of ether oxygens (including phenoxy) is 1. The van der Waals surface area contributed by atoms with Crippen LogP contribution in [0.4, 0.5) is 0 Å². The minimum Gasteiger partial charge on any atom is -0.478 e. The highest BCUT2D eigenvalue weighted by atomic mass is 35.5.